The SMILES string of the molecule is Cc1cccc(-c2cn(C)c(CCc3ccc4ccccc4n3)n2)c1.Cc1cccc(-c2cn(C)c(CCc3ccc4ccccc4n3)n2)c1F.Cc1ccccc1-c1cn(C)c(CCc2ccc3ccccc3n2)n1.Cn1cc(-c2ccncc2)nc1CCc1ccc2ccccc2n1. The lowest BCUT2D eigenvalue weighted by Gasteiger charge is -2.03. The molecule has 0 atom stereocenters. The Balaban J connectivity index is 0.000000120. The topological polar surface area (TPSA) is 136 Å². The summed E-state index contributed by atoms with van der Waals surface area (Å²) in [5, 5.41) is 4.69. The average Bonchev–Trinajstić information content (AvgIpc) is 1.56. The van der Waals surface area contributed by atoms with Crippen LogP contribution in [0.4, 0.5) is 4.39 Å². The molecule has 0 unspecified atom stereocenters. The maximum absolute atomic E-state index is 14.4. The summed E-state index contributed by atoms with van der Waals surface area (Å²) in [4.78, 5) is 42.1. The third-order valence-electron chi connectivity index (χ3n) is 18.1. The highest BCUT2D eigenvalue weighted by atomic mass is 19.1. The first kappa shape index (κ1) is 66.7. The van der Waals surface area contributed by atoms with E-state index >= 15 is 0 Å². The van der Waals surface area contributed by atoms with Crippen molar-refractivity contribution in [3.05, 3.63) is 330 Å². The molecule has 0 aliphatic rings. The van der Waals surface area contributed by atoms with Gasteiger partial charge in [-0.25, -0.2) is 24.3 Å². The summed E-state index contributed by atoms with van der Waals surface area (Å²) >= 11 is 0. The van der Waals surface area contributed by atoms with Crippen molar-refractivity contribution >= 4 is 43.6 Å². The van der Waals surface area contributed by atoms with Crippen LogP contribution in [0.1, 0.15) is 62.8 Å². The van der Waals surface area contributed by atoms with Gasteiger partial charge in [0, 0.05) is 158 Å². The van der Waals surface area contributed by atoms with Gasteiger partial charge in [0.2, 0.25) is 0 Å². The van der Waals surface area contributed by atoms with E-state index in [9.17, 15) is 4.39 Å². The molecule has 16 rings (SSSR count). The van der Waals surface area contributed by atoms with E-state index in [4.69, 9.17) is 34.9 Å². The van der Waals surface area contributed by atoms with Gasteiger partial charge in [-0.15, -0.1) is 0 Å². The quantitative estimate of drug-likeness (QED) is 0.0926. The predicted octanol–water partition coefficient (Wildman–Crippen LogP) is 18.1. The molecule has 0 bridgehead atoms. The van der Waals surface area contributed by atoms with Crippen LogP contribution in [-0.2, 0) is 79.6 Å². The third kappa shape index (κ3) is 16.4. The molecule has 0 N–H and O–H groups in total. The van der Waals surface area contributed by atoms with Gasteiger partial charge in [0.25, 0.3) is 0 Å². The van der Waals surface area contributed by atoms with Crippen LogP contribution in [0.15, 0.2) is 262 Å². The van der Waals surface area contributed by atoms with E-state index in [1.165, 1.54) is 38.4 Å². The van der Waals surface area contributed by atoms with Crippen molar-refractivity contribution in [3.63, 3.8) is 0 Å². The highest BCUT2D eigenvalue weighted by molar-refractivity contribution is 5.81. The van der Waals surface area contributed by atoms with Gasteiger partial charge in [0.1, 0.15) is 29.1 Å². The molecule has 0 amide bonds. The molecule has 7 aromatic carbocycles. The maximum Gasteiger partial charge on any atom is 0.135 e. The minimum atomic E-state index is -0.201. The Bertz CT molecular complexity index is 5470. The molecule has 0 saturated carbocycles. The van der Waals surface area contributed by atoms with Crippen LogP contribution in [0.2, 0.25) is 0 Å². The summed E-state index contributed by atoms with van der Waals surface area (Å²) in [6, 6.07) is 76.0. The Kier molecular flexibility index (Phi) is 20.7. The zero-order chi connectivity index (χ0) is 68.9. The molecule has 0 saturated heterocycles. The normalized spacial score (nSPS) is 11.1. The summed E-state index contributed by atoms with van der Waals surface area (Å²) in [5.41, 5.74) is 19.4. The standard InChI is InChI=1S/C22H20FN3.2C22H21N3.C20H18N4/c1-15-6-5-8-18(22(15)23)20-14-26(2)21(25-20)13-12-17-11-10-16-7-3-4-9-19(16)24-17;1-16-7-3-5-9-19(16)21-15-25(2)22(24-21)14-13-18-12-11-17-8-4-6-10-20(17)23-18;1-16-6-5-8-18(14-16)21-15-25(2)22(24-21)13-12-19-11-10-17-7-3-4-9-20(17)23-19;1-24-14-19(16-10-12-21-13-11-16)23-20(24)9-8-17-7-6-15-4-2-3-5-18(15)22-17/h3-11,14H,12-13H2,1-2H3;3-12,15H,13-14H2,1-2H3;3-11,14-15H,12-13H2,1-2H3;2-7,10-14H,8-9H2,1H3. The average molecular weight is 1310 g/mol. The van der Waals surface area contributed by atoms with E-state index in [-0.39, 0.29) is 5.82 Å². The molecule has 0 aliphatic heterocycles. The molecular weight excluding hydrogens is 1230 g/mol. The van der Waals surface area contributed by atoms with Crippen molar-refractivity contribution in [2.24, 2.45) is 28.2 Å². The zero-order valence-corrected chi connectivity index (χ0v) is 57.7. The van der Waals surface area contributed by atoms with E-state index in [2.05, 4.69) is 210 Å². The molecule has 14 heteroatoms. The molecule has 0 aliphatic carbocycles. The fourth-order valence-electron chi connectivity index (χ4n) is 12.5. The van der Waals surface area contributed by atoms with Crippen LogP contribution in [0.5, 0.6) is 0 Å². The summed E-state index contributed by atoms with van der Waals surface area (Å²) in [5.74, 6) is 3.97. The fraction of sp³-hybridized carbons (Fsp3) is 0.174. The lowest BCUT2D eigenvalue weighted by Crippen LogP contribution is -2.01. The number of imidazole rings is 4. The number of hydrogen-bond donors (Lipinski definition) is 0. The molecular formula is C86H80FN13. The van der Waals surface area contributed by atoms with Gasteiger partial charge in [0.05, 0.1) is 44.8 Å². The number of aromatic nitrogens is 13. The van der Waals surface area contributed by atoms with Gasteiger partial charge in [-0.2, -0.15) is 0 Å². The predicted molar refractivity (Wildman–Crippen MR) is 403 cm³/mol. The highest BCUT2D eigenvalue weighted by Gasteiger charge is 2.16. The van der Waals surface area contributed by atoms with Crippen LogP contribution in [-0.4, -0.2) is 63.1 Å². The van der Waals surface area contributed by atoms with E-state index in [1.54, 1.807) is 31.5 Å². The van der Waals surface area contributed by atoms with Crippen LogP contribution < -0.4 is 0 Å². The largest absolute Gasteiger partial charge is 0.337 e. The molecule has 13 nitrogen and oxygen atoms in total. The van der Waals surface area contributed by atoms with Gasteiger partial charge in [0.15, 0.2) is 0 Å². The number of benzene rings is 7. The van der Waals surface area contributed by atoms with Crippen molar-refractivity contribution in [1.29, 1.82) is 0 Å². The molecule has 16 aromatic rings. The number of nitrogens with zero attached hydrogens (tertiary/aromatic N) is 13. The minimum Gasteiger partial charge on any atom is -0.337 e. The first-order chi connectivity index (χ1) is 48.8. The van der Waals surface area contributed by atoms with Crippen molar-refractivity contribution in [2.45, 2.75) is 72.1 Å². The number of halogens is 1. The zero-order valence-electron chi connectivity index (χ0n) is 57.7. The van der Waals surface area contributed by atoms with Crippen LogP contribution in [0.25, 0.3) is 88.6 Å². The summed E-state index contributed by atoms with van der Waals surface area (Å²) in [6.45, 7) is 6.01. The second kappa shape index (κ2) is 31.1. The van der Waals surface area contributed by atoms with Gasteiger partial charge < -0.3 is 18.3 Å². The monoisotopic (exact) mass is 1310 g/mol. The number of para-hydroxylation sites is 4. The smallest absolute Gasteiger partial charge is 0.135 e. The lowest BCUT2D eigenvalue weighted by molar-refractivity contribution is 0.621. The molecule has 0 fully saturated rings. The second-order valence-electron chi connectivity index (χ2n) is 25.5. The number of fused-ring (bicyclic) bond motifs is 4. The number of rotatable bonds is 16. The van der Waals surface area contributed by atoms with Crippen LogP contribution in [0, 0.1) is 26.6 Å². The van der Waals surface area contributed by atoms with Crippen molar-refractivity contribution < 1.29 is 4.39 Å². The van der Waals surface area contributed by atoms with E-state index in [0.717, 1.165) is 148 Å². The molecule has 0 spiro atoms. The molecule has 9 heterocycles. The Morgan fingerprint density at radius 2 is 0.630 bits per heavy atom. The van der Waals surface area contributed by atoms with E-state index in [0.29, 0.717) is 16.8 Å². The van der Waals surface area contributed by atoms with Crippen molar-refractivity contribution in [1.82, 2.24) is 63.1 Å². The number of pyridine rings is 5. The molecule has 496 valence electrons. The molecule has 0 radical (unpaired) electrons. The Hall–Kier alpha value is -11.9. The minimum absolute atomic E-state index is 0.201. The van der Waals surface area contributed by atoms with Crippen molar-refractivity contribution in [2.75, 3.05) is 0 Å². The summed E-state index contributed by atoms with van der Waals surface area (Å²) in [6.07, 6.45) is 18.6. The molecule has 100 heavy (non-hydrogen) atoms. The Morgan fingerprint density at radius 1 is 0.290 bits per heavy atom. The fourth-order valence-corrected chi connectivity index (χ4v) is 12.5. The van der Waals surface area contributed by atoms with E-state index < -0.39 is 0 Å². The summed E-state index contributed by atoms with van der Waals surface area (Å²) < 4.78 is 22.7. The highest BCUT2D eigenvalue weighted by Crippen LogP contribution is 2.28. The van der Waals surface area contributed by atoms with Crippen molar-refractivity contribution in [3.8, 4) is 45.0 Å². The second-order valence-corrected chi connectivity index (χ2v) is 25.5. The Morgan fingerprint density at radius 3 is 1.05 bits per heavy atom. The first-order valence-corrected chi connectivity index (χ1v) is 34.1. The maximum atomic E-state index is 14.4. The summed E-state index contributed by atoms with van der Waals surface area (Å²) in [7, 11) is 8.13. The van der Waals surface area contributed by atoms with Gasteiger partial charge in [-0.3, -0.25) is 24.9 Å². The van der Waals surface area contributed by atoms with Gasteiger partial charge in [-0.05, 0) is 130 Å². The van der Waals surface area contributed by atoms with Gasteiger partial charge in [-0.1, -0.05) is 157 Å². The number of aryl methyl sites for hydroxylation is 15. The lowest BCUT2D eigenvalue weighted by atomic mass is 10.1. The Labute approximate surface area is 583 Å². The molecule has 9 aromatic heterocycles. The number of hydrogen-bond acceptors (Lipinski definition) is 9. The first-order valence-electron chi connectivity index (χ1n) is 34.1. The van der Waals surface area contributed by atoms with Gasteiger partial charge >= 0.3 is 0 Å². The van der Waals surface area contributed by atoms with Crippen LogP contribution >= 0.6 is 0 Å². The third-order valence-corrected chi connectivity index (χ3v) is 18.1. The van der Waals surface area contributed by atoms with Crippen LogP contribution in [0.3, 0.4) is 0 Å². The van der Waals surface area contributed by atoms with E-state index in [1.807, 2.05) is 97.7 Å².